The number of aromatic nitrogens is 4. The molecule has 0 bridgehead atoms. The van der Waals surface area contributed by atoms with E-state index in [1.54, 1.807) is 11.3 Å². The van der Waals surface area contributed by atoms with Crippen LogP contribution in [-0.4, -0.2) is 26.4 Å². The van der Waals surface area contributed by atoms with Gasteiger partial charge in [-0.2, -0.15) is 9.61 Å². The number of hydrogen-bond donors (Lipinski definition) is 1. The van der Waals surface area contributed by atoms with Gasteiger partial charge in [0, 0.05) is 17.4 Å². The zero-order valence-corrected chi connectivity index (χ0v) is 14.2. The Hall–Kier alpha value is -1.01. The van der Waals surface area contributed by atoms with E-state index in [-0.39, 0.29) is 10.8 Å². The van der Waals surface area contributed by atoms with Crippen LogP contribution in [0.4, 0.5) is 0 Å². The molecule has 1 saturated carbocycles. The van der Waals surface area contributed by atoms with Crippen LogP contribution in [0, 0.1) is 5.92 Å². The van der Waals surface area contributed by atoms with Crippen molar-refractivity contribution in [3.05, 3.63) is 10.8 Å². The van der Waals surface area contributed by atoms with Gasteiger partial charge < -0.3 is 5.73 Å². The van der Waals surface area contributed by atoms with Gasteiger partial charge in [-0.3, -0.25) is 0 Å². The highest BCUT2D eigenvalue weighted by molar-refractivity contribution is 7.16. The Bertz CT molecular complexity index is 628. The van der Waals surface area contributed by atoms with Gasteiger partial charge in [-0.1, -0.05) is 39.0 Å². The Morgan fingerprint density at radius 3 is 2.52 bits per heavy atom. The summed E-state index contributed by atoms with van der Waals surface area (Å²) < 4.78 is 1.93. The molecule has 116 valence electrons. The second-order valence-corrected chi connectivity index (χ2v) is 8.50. The molecular weight excluding hydrogens is 282 g/mol. The smallest absolute Gasteiger partial charge is 0.234 e. The molecule has 2 aromatic heterocycles. The van der Waals surface area contributed by atoms with Gasteiger partial charge in [0.15, 0.2) is 5.82 Å². The maximum atomic E-state index is 6.15. The van der Waals surface area contributed by atoms with Gasteiger partial charge in [0.05, 0.1) is 0 Å². The molecule has 2 heterocycles. The summed E-state index contributed by atoms with van der Waals surface area (Å²) in [5.41, 5.74) is 6.15. The highest BCUT2D eigenvalue weighted by atomic mass is 32.1. The number of nitrogens with two attached hydrogens (primary N) is 1. The van der Waals surface area contributed by atoms with Crippen molar-refractivity contribution < 1.29 is 0 Å². The molecule has 0 unspecified atom stereocenters. The summed E-state index contributed by atoms with van der Waals surface area (Å²) in [5.74, 6) is 1.73. The second kappa shape index (κ2) is 5.02. The van der Waals surface area contributed by atoms with E-state index in [1.807, 2.05) is 4.52 Å². The molecule has 1 aliphatic rings. The van der Waals surface area contributed by atoms with Crippen LogP contribution >= 0.6 is 11.3 Å². The van der Waals surface area contributed by atoms with Crippen molar-refractivity contribution in [1.82, 2.24) is 19.8 Å². The van der Waals surface area contributed by atoms with Crippen LogP contribution in [0.3, 0.4) is 0 Å². The van der Waals surface area contributed by atoms with E-state index in [1.165, 1.54) is 12.8 Å². The minimum Gasteiger partial charge on any atom is -0.329 e. The molecule has 5 nitrogen and oxygen atoms in total. The number of nitrogens with zero attached hydrogens (tertiary/aromatic N) is 4. The van der Waals surface area contributed by atoms with Gasteiger partial charge in [0.2, 0.25) is 4.96 Å². The van der Waals surface area contributed by atoms with Crippen LogP contribution in [0.2, 0.25) is 0 Å². The van der Waals surface area contributed by atoms with Crippen LogP contribution in [0.1, 0.15) is 64.2 Å². The fraction of sp³-hybridized carbons (Fsp3) is 0.800. The average Bonchev–Trinajstić information content (AvgIpc) is 2.98. The Labute approximate surface area is 129 Å². The van der Waals surface area contributed by atoms with Gasteiger partial charge in [-0.15, -0.1) is 10.2 Å². The molecule has 6 heteroatoms. The molecule has 1 fully saturated rings. The summed E-state index contributed by atoms with van der Waals surface area (Å²) in [4.78, 5) is 0.890. The molecule has 0 atom stereocenters. The second-order valence-electron chi connectivity index (χ2n) is 7.54. The first-order valence-electron chi connectivity index (χ1n) is 7.79. The third kappa shape index (κ3) is 2.48. The molecule has 3 rings (SSSR count). The lowest BCUT2D eigenvalue weighted by Gasteiger charge is -2.36. The minimum absolute atomic E-state index is 0.0486. The summed E-state index contributed by atoms with van der Waals surface area (Å²) in [6.45, 7) is 9.43. The molecule has 2 aromatic rings. The molecular formula is C15H25N5S. The minimum atomic E-state index is -0.0539. The third-order valence-electron chi connectivity index (χ3n) is 4.74. The average molecular weight is 307 g/mol. The molecule has 0 spiro atoms. The largest absolute Gasteiger partial charge is 0.329 e. The van der Waals surface area contributed by atoms with Crippen molar-refractivity contribution in [1.29, 1.82) is 0 Å². The van der Waals surface area contributed by atoms with E-state index in [9.17, 15) is 0 Å². The van der Waals surface area contributed by atoms with Crippen molar-refractivity contribution in [2.45, 2.75) is 64.2 Å². The highest BCUT2D eigenvalue weighted by Crippen LogP contribution is 2.42. The number of hydrogen-bond acceptors (Lipinski definition) is 5. The number of fused-ring (bicyclic) bond motifs is 1. The molecule has 0 saturated heterocycles. The fourth-order valence-electron chi connectivity index (χ4n) is 3.12. The molecule has 21 heavy (non-hydrogen) atoms. The first kappa shape index (κ1) is 14.9. The monoisotopic (exact) mass is 307 g/mol. The van der Waals surface area contributed by atoms with Crippen molar-refractivity contribution in [2.24, 2.45) is 11.7 Å². The lowest BCUT2D eigenvalue weighted by molar-refractivity contribution is 0.245. The predicted molar refractivity (Wildman–Crippen MR) is 85.7 cm³/mol. The van der Waals surface area contributed by atoms with Crippen molar-refractivity contribution in [2.75, 3.05) is 6.54 Å². The maximum absolute atomic E-state index is 6.15. The third-order valence-corrected chi connectivity index (χ3v) is 5.88. The summed E-state index contributed by atoms with van der Waals surface area (Å²) in [5, 5.41) is 14.6. The van der Waals surface area contributed by atoms with E-state index >= 15 is 0 Å². The zero-order chi connectivity index (χ0) is 15.3. The standard InChI is InChI=1S/C15H25N5S/c1-10-5-7-15(9-16,8-6-10)12-19-20-11(14(2,3)4)17-18-13(20)21-12/h10H,5-9,16H2,1-4H3. The lowest BCUT2D eigenvalue weighted by atomic mass is 9.71. The van der Waals surface area contributed by atoms with Gasteiger partial charge >= 0.3 is 0 Å². The van der Waals surface area contributed by atoms with Crippen LogP contribution in [0.15, 0.2) is 0 Å². The molecule has 0 aliphatic heterocycles. The van der Waals surface area contributed by atoms with Crippen LogP contribution in [0.5, 0.6) is 0 Å². The highest BCUT2D eigenvalue weighted by Gasteiger charge is 2.38. The van der Waals surface area contributed by atoms with Crippen molar-refractivity contribution >= 4 is 16.3 Å². The normalized spacial score (nSPS) is 27.4. The van der Waals surface area contributed by atoms with Crippen LogP contribution < -0.4 is 5.73 Å². The molecule has 0 amide bonds. The lowest BCUT2D eigenvalue weighted by Crippen LogP contribution is -2.38. The Morgan fingerprint density at radius 2 is 1.95 bits per heavy atom. The van der Waals surface area contributed by atoms with Gasteiger partial charge in [0.25, 0.3) is 0 Å². The SMILES string of the molecule is CC1CCC(CN)(c2nn3c(C(C)(C)C)nnc3s2)CC1. The van der Waals surface area contributed by atoms with Gasteiger partial charge in [0.1, 0.15) is 5.01 Å². The van der Waals surface area contributed by atoms with Crippen LogP contribution in [0.25, 0.3) is 4.96 Å². The topological polar surface area (TPSA) is 69.1 Å². The van der Waals surface area contributed by atoms with Gasteiger partial charge in [-0.25, -0.2) is 0 Å². The predicted octanol–water partition coefficient (Wildman–Crippen LogP) is 2.89. The van der Waals surface area contributed by atoms with E-state index in [0.29, 0.717) is 6.54 Å². The van der Waals surface area contributed by atoms with Crippen molar-refractivity contribution in [3.8, 4) is 0 Å². The van der Waals surface area contributed by atoms with E-state index < -0.39 is 0 Å². The molecule has 2 N–H and O–H groups in total. The Morgan fingerprint density at radius 1 is 1.29 bits per heavy atom. The first-order valence-corrected chi connectivity index (χ1v) is 8.61. The quantitative estimate of drug-likeness (QED) is 0.926. The van der Waals surface area contributed by atoms with Crippen LogP contribution in [-0.2, 0) is 10.8 Å². The van der Waals surface area contributed by atoms with Crippen molar-refractivity contribution in [3.63, 3.8) is 0 Å². The Kier molecular flexibility index (Phi) is 3.56. The summed E-state index contributed by atoms with van der Waals surface area (Å²) in [6.07, 6.45) is 4.76. The fourth-order valence-corrected chi connectivity index (χ4v) is 4.21. The summed E-state index contributed by atoms with van der Waals surface area (Å²) >= 11 is 1.66. The summed E-state index contributed by atoms with van der Waals surface area (Å²) in [7, 11) is 0. The van der Waals surface area contributed by atoms with E-state index in [4.69, 9.17) is 10.8 Å². The maximum Gasteiger partial charge on any atom is 0.234 e. The first-order chi connectivity index (χ1) is 9.86. The molecule has 0 radical (unpaired) electrons. The van der Waals surface area contributed by atoms with E-state index in [2.05, 4.69) is 37.9 Å². The number of rotatable bonds is 2. The Balaban J connectivity index is 2.02. The summed E-state index contributed by atoms with van der Waals surface area (Å²) in [6, 6.07) is 0. The zero-order valence-electron chi connectivity index (χ0n) is 13.4. The van der Waals surface area contributed by atoms with E-state index in [0.717, 1.165) is 34.6 Å². The molecule has 1 aliphatic carbocycles. The molecule has 0 aromatic carbocycles. The van der Waals surface area contributed by atoms with Gasteiger partial charge in [-0.05, 0) is 31.6 Å².